The molecule has 10 heteroatoms. The number of H-pyrrole nitrogens is 1. The minimum atomic E-state index is -3.57. The maximum Gasteiger partial charge on any atom is 0.438 e. The van der Waals surface area contributed by atoms with Gasteiger partial charge in [0.05, 0.1) is 11.0 Å². The van der Waals surface area contributed by atoms with Gasteiger partial charge in [-0.3, -0.25) is 9.51 Å². The molecule has 35 heavy (non-hydrogen) atoms. The van der Waals surface area contributed by atoms with Crippen LogP contribution in [0.3, 0.4) is 0 Å². The van der Waals surface area contributed by atoms with E-state index >= 15 is 0 Å². The Morgan fingerprint density at radius 3 is 2.49 bits per heavy atom. The molecule has 1 fully saturated rings. The van der Waals surface area contributed by atoms with Gasteiger partial charge in [0, 0.05) is 42.7 Å². The number of sulfonamides is 1. The molecule has 2 aromatic carbocycles. The Kier molecular flexibility index (Phi) is 6.24. The second kappa shape index (κ2) is 9.35. The Bertz CT molecular complexity index is 1480. The number of benzene rings is 2. The highest BCUT2D eigenvalue weighted by molar-refractivity contribution is 7.89. The highest BCUT2D eigenvalue weighted by Crippen LogP contribution is 2.33. The molecule has 0 atom stereocenters. The van der Waals surface area contributed by atoms with Crippen LogP contribution in [0.4, 0.5) is 0 Å². The van der Waals surface area contributed by atoms with Gasteiger partial charge >= 0.3 is 5.76 Å². The largest absolute Gasteiger partial charge is 0.491 e. The molecule has 0 unspecified atom stereocenters. The molecule has 0 amide bonds. The lowest BCUT2D eigenvalue weighted by Gasteiger charge is -2.32. The third-order valence-electron chi connectivity index (χ3n) is 6.32. The lowest BCUT2D eigenvalue weighted by molar-refractivity contribution is 0.242. The van der Waals surface area contributed by atoms with Crippen molar-refractivity contribution in [2.45, 2.75) is 50.2 Å². The van der Waals surface area contributed by atoms with Crippen LogP contribution in [0.1, 0.15) is 44.1 Å². The lowest BCUT2D eigenvalue weighted by atomic mass is 10.1. The van der Waals surface area contributed by atoms with Crippen molar-refractivity contribution in [3.05, 3.63) is 76.7 Å². The fourth-order valence-electron chi connectivity index (χ4n) is 4.71. The third kappa shape index (κ3) is 4.76. The summed E-state index contributed by atoms with van der Waals surface area (Å²) in [6.45, 7) is 4.74. The quantitative estimate of drug-likeness (QED) is 0.418. The smallest absolute Gasteiger partial charge is 0.438 e. The number of hydrogen-bond acceptors (Lipinski definition) is 6. The Hall–Kier alpha value is -3.37. The van der Waals surface area contributed by atoms with Gasteiger partial charge in [-0.2, -0.15) is 4.31 Å². The van der Waals surface area contributed by atoms with E-state index in [2.05, 4.69) is 31.5 Å². The first-order chi connectivity index (χ1) is 16.8. The van der Waals surface area contributed by atoms with Crippen molar-refractivity contribution in [2.24, 2.45) is 0 Å². The summed E-state index contributed by atoms with van der Waals surface area (Å²) in [7, 11) is -3.57. The van der Waals surface area contributed by atoms with Gasteiger partial charge in [0.1, 0.15) is 5.75 Å². The predicted molar refractivity (Wildman–Crippen MR) is 131 cm³/mol. The topological polar surface area (TPSA) is 110 Å². The zero-order valence-corrected chi connectivity index (χ0v) is 20.5. The van der Waals surface area contributed by atoms with E-state index < -0.39 is 15.8 Å². The molecule has 0 bridgehead atoms. The molecule has 0 radical (unpaired) electrons. The number of nitrogens with zero attached hydrogens (tertiary/aromatic N) is 3. The van der Waals surface area contributed by atoms with Crippen LogP contribution in [0, 0.1) is 0 Å². The van der Waals surface area contributed by atoms with E-state index in [-0.39, 0.29) is 17.0 Å². The highest BCUT2D eigenvalue weighted by Gasteiger charge is 2.30. The molecule has 9 nitrogen and oxygen atoms in total. The van der Waals surface area contributed by atoms with Crippen molar-refractivity contribution in [2.75, 3.05) is 13.1 Å². The van der Waals surface area contributed by atoms with Crippen molar-refractivity contribution in [1.82, 2.24) is 19.0 Å². The van der Waals surface area contributed by atoms with E-state index in [1.54, 1.807) is 28.6 Å². The summed E-state index contributed by atoms with van der Waals surface area (Å²) in [5.41, 5.74) is 2.11. The van der Waals surface area contributed by atoms with E-state index in [0.717, 1.165) is 16.5 Å². The summed E-state index contributed by atoms with van der Waals surface area (Å²) in [6.07, 6.45) is 3.96. The number of para-hydroxylation sites is 1. The Morgan fingerprint density at radius 2 is 1.83 bits per heavy atom. The molecule has 1 aliphatic rings. The first-order valence-electron chi connectivity index (χ1n) is 11.7. The van der Waals surface area contributed by atoms with E-state index in [4.69, 9.17) is 4.74 Å². The summed E-state index contributed by atoms with van der Waals surface area (Å²) >= 11 is 0. The Morgan fingerprint density at radius 1 is 1.11 bits per heavy atom. The first-order valence-corrected chi connectivity index (χ1v) is 13.2. The second-order valence-corrected chi connectivity index (χ2v) is 11.0. The van der Waals surface area contributed by atoms with Crippen LogP contribution in [-0.2, 0) is 16.4 Å². The van der Waals surface area contributed by atoms with Crippen molar-refractivity contribution >= 4 is 20.9 Å². The second-order valence-electron chi connectivity index (χ2n) is 9.07. The number of aromatic nitrogens is 3. The molecule has 1 N–H and O–H groups in total. The minimum Gasteiger partial charge on any atom is -0.491 e. The molecule has 0 aliphatic carbocycles. The maximum atomic E-state index is 13.2. The van der Waals surface area contributed by atoms with Gasteiger partial charge in [-0.1, -0.05) is 23.4 Å². The summed E-state index contributed by atoms with van der Waals surface area (Å²) in [5, 5.41) is 4.87. The van der Waals surface area contributed by atoms with Gasteiger partial charge in [0.2, 0.25) is 10.0 Å². The van der Waals surface area contributed by atoms with Gasteiger partial charge in [-0.25, -0.2) is 13.2 Å². The first kappa shape index (κ1) is 23.4. The van der Waals surface area contributed by atoms with Crippen molar-refractivity contribution in [3.63, 3.8) is 0 Å². The molecule has 3 heterocycles. The minimum absolute atomic E-state index is 0.0278. The van der Waals surface area contributed by atoms with Crippen LogP contribution in [-0.4, -0.2) is 46.6 Å². The van der Waals surface area contributed by atoms with Crippen LogP contribution in [0.15, 0.2) is 68.9 Å². The summed E-state index contributed by atoms with van der Waals surface area (Å²) in [6, 6.07) is 14.9. The van der Waals surface area contributed by atoms with Crippen molar-refractivity contribution in [3.8, 4) is 5.75 Å². The molecule has 2 aromatic heterocycles. The Balaban J connectivity index is 1.33. The highest BCUT2D eigenvalue weighted by atomic mass is 32.2. The molecular weight excluding hydrogens is 468 g/mol. The fourth-order valence-corrected chi connectivity index (χ4v) is 6.18. The molecule has 1 aliphatic heterocycles. The average molecular weight is 497 g/mol. The number of rotatable bonds is 7. The molecule has 5 rings (SSSR count). The molecule has 184 valence electrons. The van der Waals surface area contributed by atoms with Gasteiger partial charge < -0.3 is 9.30 Å². The molecule has 1 saturated heterocycles. The zero-order chi connectivity index (χ0) is 24.6. The predicted octanol–water partition coefficient (Wildman–Crippen LogP) is 3.72. The number of piperidine rings is 1. The van der Waals surface area contributed by atoms with Crippen molar-refractivity contribution in [1.29, 1.82) is 0 Å². The number of nitrogens with one attached hydrogen (secondary N) is 1. The van der Waals surface area contributed by atoms with Crippen LogP contribution in [0.2, 0.25) is 0 Å². The number of fused-ring (bicyclic) bond motifs is 1. The normalized spacial score (nSPS) is 15.7. The van der Waals surface area contributed by atoms with E-state index in [0.29, 0.717) is 43.9 Å². The third-order valence-corrected chi connectivity index (χ3v) is 8.23. The number of hydrogen-bond donors (Lipinski definition) is 1. The van der Waals surface area contributed by atoms with Gasteiger partial charge in [0.25, 0.3) is 0 Å². The van der Waals surface area contributed by atoms with Gasteiger partial charge in [-0.05, 0) is 62.6 Å². The lowest BCUT2D eigenvalue weighted by Crippen LogP contribution is -2.38. The standard InChI is InChI=1S/C25H28N4O5S/c1-17(2)33-20-7-9-21(10-8-20)35(31,32)28-13-11-19(12-14-28)29-16-18(15-24-26-25(30)34-27-24)22-5-3-4-6-23(22)29/h3-10,16-17,19H,11-15H2,1-2H3,(H,26,27,30). The average Bonchev–Trinajstić information content (AvgIpc) is 3.43. The summed E-state index contributed by atoms with van der Waals surface area (Å²) in [5.74, 6) is 0.561. The van der Waals surface area contributed by atoms with Crippen LogP contribution in [0.5, 0.6) is 5.75 Å². The fraction of sp³-hybridized carbons (Fsp3) is 0.360. The number of ether oxygens (including phenoxy) is 1. The van der Waals surface area contributed by atoms with Gasteiger partial charge in [-0.15, -0.1) is 0 Å². The van der Waals surface area contributed by atoms with E-state index in [1.165, 1.54) is 0 Å². The van der Waals surface area contributed by atoms with Crippen LogP contribution in [0.25, 0.3) is 10.9 Å². The van der Waals surface area contributed by atoms with Crippen LogP contribution < -0.4 is 10.5 Å². The number of aromatic amines is 1. The van der Waals surface area contributed by atoms with E-state index in [9.17, 15) is 13.2 Å². The molecule has 4 aromatic rings. The maximum absolute atomic E-state index is 13.2. The summed E-state index contributed by atoms with van der Waals surface area (Å²) < 4.78 is 40.5. The molecular formula is C25H28N4O5S. The van der Waals surface area contributed by atoms with Crippen molar-refractivity contribution < 1.29 is 17.7 Å². The zero-order valence-electron chi connectivity index (χ0n) is 19.7. The molecule has 0 saturated carbocycles. The monoisotopic (exact) mass is 496 g/mol. The van der Waals surface area contributed by atoms with Gasteiger partial charge in [0.15, 0.2) is 5.82 Å². The SMILES string of the molecule is CC(C)Oc1ccc(S(=O)(=O)N2CCC(n3cc(Cc4noc(=O)[nH]4)c4ccccc43)CC2)cc1. The molecule has 0 spiro atoms. The van der Waals surface area contributed by atoms with E-state index in [1.807, 2.05) is 32.0 Å². The summed E-state index contributed by atoms with van der Waals surface area (Å²) in [4.78, 5) is 14.2. The van der Waals surface area contributed by atoms with Crippen LogP contribution >= 0.6 is 0 Å². The Labute approximate surface area is 203 Å².